The Morgan fingerprint density at radius 1 is 1.28 bits per heavy atom. The highest BCUT2D eigenvalue weighted by Crippen LogP contribution is 2.25. The van der Waals surface area contributed by atoms with Gasteiger partial charge in [0, 0.05) is 17.1 Å². The molecule has 94 valence electrons. The molecular formula is C14H13ClINO. The predicted octanol–water partition coefficient (Wildman–Crippen LogP) is 4.10. The maximum atomic E-state index is 12.1. The molecule has 0 radical (unpaired) electrons. The van der Waals surface area contributed by atoms with E-state index in [-0.39, 0.29) is 5.56 Å². The van der Waals surface area contributed by atoms with Crippen LogP contribution in [-0.4, -0.2) is 4.57 Å². The molecule has 0 unspecified atom stereocenters. The highest BCUT2D eigenvalue weighted by molar-refractivity contribution is 14.1. The van der Waals surface area contributed by atoms with E-state index < -0.39 is 0 Å². The van der Waals surface area contributed by atoms with Crippen molar-refractivity contribution in [1.29, 1.82) is 0 Å². The number of aromatic nitrogens is 1. The van der Waals surface area contributed by atoms with Crippen LogP contribution in [0.1, 0.15) is 12.5 Å². The molecule has 4 heteroatoms. The van der Waals surface area contributed by atoms with E-state index in [4.69, 9.17) is 11.6 Å². The van der Waals surface area contributed by atoms with Crippen molar-refractivity contribution in [2.75, 3.05) is 0 Å². The van der Waals surface area contributed by atoms with Gasteiger partial charge in [0.2, 0.25) is 0 Å². The topological polar surface area (TPSA) is 22.0 Å². The molecule has 0 N–H and O–H groups in total. The van der Waals surface area contributed by atoms with Crippen molar-refractivity contribution in [2.24, 2.45) is 0 Å². The largest absolute Gasteiger partial charge is 0.308 e. The summed E-state index contributed by atoms with van der Waals surface area (Å²) < 4.78 is 2.53. The van der Waals surface area contributed by atoms with Crippen molar-refractivity contribution >= 4 is 34.2 Å². The first-order valence-electron chi connectivity index (χ1n) is 5.70. The van der Waals surface area contributed by atoms with Crippen molar-refractivity contribution in [2.45, 2.75) is 20.4 Å². The molecule has 2 aromatic rings. The smallest absolute Gasteiger partial charge is 0.264 e. The Morgan fingerprint density at radius 2 is 2.00 bits per heavy atom. The van der Waals surface area contributed by atoms with Crippen molar-refractivity contribution in [3.8, 4) is 11.3 Å². The van der Waals surface area contributed by atoms with Crippen LogP contribution in [-0.2, 0) is 6.54 Å². The van der Waals surface area contributed by atoms with Crippen molar-refractivity contribution in [1.82, 2.24) is 4.57 Å². The van der Waals surface area contributed by atoms with Gasteiger partial charge in [0.15, 0.2) is 0 Å². The molecule has 1 aromatic heterocycles. The van der Waals surface area contributed by atoms with Crippen LogP contribution in [0.3, 0.4) is 0 Å². The summed E-state index contributed by atoms with van der Waals surface area (Å²) in [5.41, 5.74) is 3.13. The average Bonchev–Trinajstić information content (AvgIpc) is 2.33. The molecule has 2 rings (SSSR count). The van der Waals surface area contributed by atoms with Crippen LogP contribution >= 0.6 is 34.2 Å². The van der Waals surface area contributed by atoms with Gasteiger partial charge in [0.05, 0.1) is 9.26 Å². The molecular weight excluding hydrogens is 361 g/mol. The SMILES string of the molecule is CCn1c(-c2ccc(Cl)cc2C)ccc(I)c1=O. The molecule has 1 heterocycles. The van der Waals surface area contributed by atoms with Gasteiger partial charge in [0.25, 0.3) is 5.56 Å². The average molecular weight is 374 g/mol. The van der Waals surface area contributed by atoms with Gasteiger partial charge in [-0.3, -0.25) is 4.79 Å². The summed E-state index contributed by atoms with van der Waals surface area (Å²) in [6.07, 6.45) is 0. The van der Waals surface area contributed by atoms with Crippen LogP contribution < -0.4 is 5.56 Å². The van der Waals surface area contributed by atoms with Crippen molar-refractivity contribution < 1.29 is 0 Å². The number of hydrogen-bond acceptors (Lipinski definition) is 1. The Bertz CT molecular complexity index is 649. The fourth-order valence-corrected chi connectivity index (χ4v) is 2.71. The summed E-state index contributed by atoms with van der Waals surface area (Å²) in [6.45, 7) is 4.64. The lowest BCUT2D eigenvalue weighted by Crippen LogP contribution is -2.23. The van der Waals surface area contributed by atoms with Gasteiger partial charge in [-0.2, -0.15) is 0 Å². The number of aryl methyl sites for hydroxylation is 1. The summed E-state index contributed by atoms with van der Waals surface area (Å²) in [7, 11) is 0. The monoisotopic (exact) mass is 373 g/mol. The molecule has 0 saturated heterocycles. The quantitative estimate of drug-likeness (QED) is 0.727. The summed E-state index contributed by atoms with van der Waals surface area (Å²) >= 11 is 8.03. The second-order valence-electron chi connectivity index (χ2n) is 4.08. The summed E-state index contributed by atoms with van der Waals surface area (Å²) in [5.74, 6) is 0. The summed E-state index contributed by atoms with van der Waals surface area (Å²) in [5, 5.41) is 0.715. The normalized spacial score (nSPS) is 10.7. The molecule has 0 aliphatic rings. The number of pyridine rings is 1. The molecule has 1 aromatic carbocycles. The minimum atomic E-state index is 0.0601. The predicted molar refractivity (Wildman–Crippen MR) is 84.3 cm³/mol. The molecule has 0 amide bonds. The van der Waals surface area contributed by atoms with Gasteiger partial charge >= 0.3 is 0 Å². The van der Waals surface area contributed by atoms with Gasteiger partial charge in [-0.25, -0.2) is 0 Å². The molecule has 0 spiro atoms. The second kappa shape index (κ2) is 5.45. The zero-order valence-corrected chi connectivity index (χ0v) is 13.1. The second-order valence-corrected chi connectivity index (χ2v) is 5.67. The van der Waals surface area contributed by atoms with Crippen LogP contribution in [0.5, 0.6) is 0 Å². The minimum Gasteiger partial charge on any atom is -0.308 e. The number of nitrogens with zero attached hydrogens (tertiary/aromatic N) is 1. The molecule has 0 bridgehead atoms. The lowest BCUT2D eigenvalue weighted by molar-refractivity contribution is 0.731. The molecule has 0 atom stereocenters. The molecule has 18 heavy (non-hydrogen) atoms. The molecule has 0 aliphatic carbocycles. The first kappa shape index (κ1) is 13.6. The van der Waals surface area contributed by atoms with E-state index in [1.54, 1.807) is 4.57 Å². The van der Waals surface area contributed by atoms with Gasteiger partial charge in [-0.05, 0) is 66.3 Å². The number of hydrogen-bond donors (Lipinski definition) is 0. The Morgan fingerprint density at radius 3 is 2.61 bits per heavy atom. The number of rotatable bonds is 2. The third-order valence-corrected chi connectivity index (χ3v) is 3.96. The Labute approximate surface area is 125 Å². The van der Waals surface area contributed by atoms with E-state index in [0.29, 0.717) is 11.6 Å². The Kier molecular flexibility index (Phi) is 4.12. The van der Waals surface area contributed by atoms with Crippen LogP contribution in [0.2, 0.25) is 5.02 Å². The van der Waals surface area contributed by atoms with Crippen LogP contribution in [0.25, 0.3) is 11.3 Å². The third kappa shape index (κ3) is 2.47. The Hall–Kier alpha value is -0.810. The fraction of sp³-hybridized carbons (Fsp3) is 0.214. The maximum absolute atomic E-state index is 12.1. The highest BCUT2D eigenvalue weighted by atomic mass is 127. The molecule has 2 nitrogen and oxygen atoms in total. The van der Waals surface area contributed by atoms with E-state index in [9.17, 15) is 4.79 Å². The van der Waals surface area contributed by atoms with E-state index >= 15 is 0 Å². The standard InChI is InChI=1S/C14H13ClINO/c1-3-17-13(7-6-12(16)14(17)18)11-5-4-10(15)8-9(11)2/h4-8H,3H2,1-2H3. The van der Waals surface area contributed by atoms with Gasteiger partial charge in [0.1, 0.15) is 0 Å². The van der Waals surface area contributed by atoms with Crippen LogP contribution in [0.4, 0.5) is 0 Å². The third-order valence-electron chi connectivity index (χ3n) is 2.91. The van der Waals surface area contributed by atoms with Crippen LogP contribution in [0, 0.1) is 10.5 Å². The van der Waals surface area contributed by atoms with Gasteiger partial charge < -0.3 is 4.57 Å². The zero-order valence-electron chi connectivity index (χ0n) is 10.2. The van der Waals surface area contributed by atoms with Gasteiger partial charge in [-0.1, -0.05) is 17.7 Å². The first-order valence-corrected chi connectivity index (χ1v) is 7.16. The van der Waals surface area contributed by atoms with Crippen molar-refractivity contribution in [3.05, 3.63) is 54.8 Å². The van der Waals surface area contributed by atoms with Gasteiger partial charge in [-0.15, -0.1) is 0 Å². The van der Waals surface area contributed by atoms with Crippen LogP contribution in [0.15, 0.2) is 35.1 Å². The minimum absolute atomic E-state index is 0.0601. The van der Waals surface area contributed by atoms with Crippen molar-refractivity contribution in [3.63, 3.8) is 0 Å². The number of benzene rings is 1. The summed E-state index contributed by atoms with van der Waals surface area (Å²) in [6, 6.07) is 9.58. The maximum Gasteiger partial charge on any atom is 0.264 e. The van der Waals surface area contributed by atoms with E-state index in [1.807, 2.05) is 44.2 Å². The zero-order chi connectivity index (χ0) is 13.3. The fourth-order valence-electron chi connectivity index (χ4n) is 2.02. The number of halogens is 2. The highest BCUT2D eigenvalue weighted by Gasteiger charge is 2.10. The molecule has 0 aliphatic heterocycles. The van der Waals surface area contributed by atoms with E-state index in [1.165, 1.54) is 0 Å². The van der Waals surface area contributed by atoms with E-state index in [2.05, 4.69) is 22.6 Å². The Balaban J connectivity index is 2.71. The first-order chi connectivity index (χ1) is 8.54. The molecule has 0 saturated carbocycles. The van der Waals surface area contributed by atoms with E-state index in [0.717, 1.165) is 20.4 Å². The summed E-state index contributed by atoms with van der Waals surface area (Å²) in [4.78, 5) is 12.1. The lowest BCUT2D eigenvalue weighted by Gasteiger charge is -2.13. The molecule has 0 fully saturated rings. The lowest BCUT2D eigenvalue weighted by atomic mass is 10.0.